The van der Waals surface area contributed by atoms with Gasteiger partial charge >= 0.3 is 0 Å². The quantitative estimate of drug-likeness (QED) is 0.832. The van der Waals surface area contributed by atoms with Gasteiger partial charge in [0.2, 0.25) is 5.91 Å². The molecule has 0 aromatic heterocycles. The highest BCUT2D eigenvalue weighted by atomic mass is 19.1. The summed E-state index contributed by atoms with van der Waals surface area (Å²) in [7, 11) is 0. The smallest absolute Gasteiger partial charge is 0.251 e. The zero-order valence-electron chi connectivity index (χ0n) is 12.4. The van der Waals surface area contributed by atoms with E-state index in [1.807, 2.05) is 0 Å². The molecule has 0 heterocycles. The Bertz CT molecular complexity index is 742. The second kappa shape index (κ2) is 7.31. The minimum absolute atomic E-state index is 0.200. The van der Waals surface area contributed by atoms with Crippen LogP contribution in [-0.4, -0.2) is 24.1 Å². The van der Waals surface area contributed by atoms with Gasteiger partial charge in [0, 0.05) is 23.7 Å². The lowest BCUT2D eigenvalue weighted by molar-refractivity contribution is -0.114. The lowest BCUT2D eigenvalue weighted by atomic mass is 10.1. The van der Waals surface area contributed by atoms with Crippen LogP contribution >= 0.6 is 0 Å². The highest BCUT2D eigenvalue weighted by Crippen LogP contribution is 2.10. The molecule has 2 N–H and O–H groups in total. The van der Waals surface area contributed by atoms with E-state index in [9.17, 15) is 18.8 Å². The average Bonchev–Trinajstić information content (AvgIpc) is 2.52. The fraction of sp³-hybridized carbons (Fsp3) is 0.118. The van der Waals surface area contributed by atoms with Crippen molar-refractivity contribution in [3.63, 3.8) is 0 Å². The first kappa shape index (κ1) is 16.4. The van der Waals surface area contributed by atoms with Gasteiger partial charge in [0.05, 0.1) is 6.54 Å². The molecule has 0 saturated heterocycles. The fourth-order valence-electron chi connectivity index (χ4n) is 1.94. The second-order valence-corrected chi connectivity index (χ2v) is 4.87. The summed E-state index contributed by atoms with van der Waals surface area (Å²) >= 11 is 0. The van der Waals surface area contributed by atoms with Gasteiger partial charge < -0.3 is 10.6 Å². The van der Waals surface area contributed by atoms with Gasteiger partial charge in [-0.15, -0.1) is 0 Å². The standard InChI is InChI=1S/C17H15FN2O3/c1-11(21)20-15-4-2-3-13(9-15)17(23)19-10-16(22)12-5-7-14(18)8-6-12/h2-9H,10H2,1H3,(H,19,23)(H,20,21). The van der Waals surface area contributed by atoms with Gasteiger partial charge in [-0.2, -0.15) is 0 Å². The average molecular weight is 314 g/mol. The fourth-order valence-corrected chi connectivity index (χ4v) is 1.94. The first-order valence-corrected chi connectivity index (χ1v) is 6.90. The molecule has 0 fully saturated rings. The van der Waals surface area contributed by atoms with Crippen LogP contribution in [0, 0.1) is 5.82 Å². The number of halogens is 1. The molecule has 2 rings (SSSR count). The Balaban J connectivity index is 1.98. The molecule has 2 amide bonds. The van der Waals surface area contributed by atoms with Crippen molar-refractivity contribution in [3.8, 4) is 0 Å². The van der Waals surface area contributed by atoms with Gasteiger partial charge in [-0.1, -0.05) is 6.07 Å². The van der Waals surface area contributed by atoms with Crippen LogP contribution in [0.4, 0.5) is 10.1 Å². The van der Waals surface area contributed by atoms with E-state index >= 15 is 0 Å². The third kappa shape index (κ3) is 4.74. The molecule has 23 heavy (non-hydrogen) atoms. The van der Waals surface area contributed by atoms with Crippen molar-refractivity contribution in [2.75, 3.05) is 11.9 Å². The maximum atomic E-state index is 12.8. The van der Waals surface area contributed by atoms with Crippen LogP contribution < -0.4 is 10.6 Å². The number of carbonyl (C=O) groups excluding carboxylic acids is 3. The summed E-state index contributed by atoms with van der Waals surface area (Å²) in [5.74, 6) is -1.43. The third-order valence-electron chi connectivity index (χ3n) is 3.02. The molecule has 0 aliphatic rings. The van der Waals surface area contributed by atoms with Gasteiger partial charge in [-0.05, 0) is 42.5 Å². The van der Waals surface area contributed by atoms with Crippen LogP contribution in [0.3, 0.4) is 0 Å². The molecule has 0 radical (unpaired) electrons. The molecular weight excluding hydrogens is 299 g/mol. The van der Waals surface area contributed by atoms with Crippen LogP contribution in [0.5, 0.6) is 0 Å². The lowest BCUT2D eigenvalue weighted by Crippen LogP contribution is -2.29. The zero-order valence-corrected chi connectivity index (χ0v) is 12.4. The molecule has 0 unspecified atom stereocenters. The first-order valence-electron chi connectivity index (χ1n) is 6.90. The van der Waals surface area contributed by atoms with Crippen molar-refractivity contribution >= 4 is 23.3 Å². The topological polar surface area (TPSA) is 75.3 Å². The molecule has 0 aliphatic carbocycles. The van der Waals surface area contributed by atoms with Crippen LogP contribution in [0.1, 0.15) is 27.6 Å². The number of anilines is 1. The predicted octanol–water partition coefficient (Wildman–Crippen LogP) is 2.40. The maximum absolute atomic E-state index is 12.8. The van der Waals surface area contributed by atoms with Gasteiger partial charge in [0.25, 0.3) is 5.91 Å². The molecular formula is C17H15FN2O3. The number of benzene rings is 2. The monoisotopic (exact) mass is 314 g/mol. The van der Waals surface area contributed by atoms with E-state index in [1.54, 1.807) is 18.2 Å². The molecule has 5 nitrogen and oxygen atoms in total. The van der Waals surface area contributed by atoms with E-state index in [2.05, 4.69) is 10.6 Å². The van der Waals surface area contributed by atoms with Crippen LogP contribution in [0.2, 0.25) is 0 Å². The summed E-state index contributed by atoms with van der Waals surface area (Å²) in [4.78, 5) is 35.0. The summed E-state index contributed by atoms with van der Waals surface area (Å²) < 4.78 is 12.8. The van der Waals surface area contributed by atoms with E-state index in [0.29, 0.717) is 16.8 Å². The Labute approximate surface area is 132 Å². The molecule has 0 bridgehead atoms. The molecule has 0 spiro atoms. The number of hydrogen-bond donors (Lipinski definition) is 2. The Hall–Kier alpha value is -3.02. The van der Waals surface area contributed by atoms with Gasteiger partial charge in [0.1, 0.15) is 5.82 Å². The Kier molecular flexibility index (Phi) is 5.19. The minimum Gasteiger partial charge on any atom is -0.345 e. The Morgan fingerprint density at radius 3 is 2.35 bits per heavy atom. The van der Waals surface area contributed by atoms with Crippen molar-refractivity contribution < 1.29 is 18.8 Å². The van der Waals surface area contributed by atoms with E-state index in [4.69, 9.17) is 0 Å². The van der Waals surface area contributed by atoms with Crippen molar-refractivity contribution in [3.05, 3.63) is 65.5 Å². The summed E-state index contributed by atoms with van der Waals surface area (Å²) in [5, 5.41) is 5.07. The normalized spacial score (nSPS) is 10.0. The first-order chi connectivity index (χ1) is 11.0. The highest BCUT2D eigenvalue weighted by Gasteiger charge is 2.10. The molecule has 0 aliphatic heterocycles. The molecule has 118 valence electrons. The Morgan fingerprint density at radius 1 is 1.00 bits per heavy atom. The van der Waals surface area contributed by atoms with Crippen molar-refractivity contribution in [1.82, 2.24) is 5.32 Å². The van der Waals surface area contributed by atoms with Crippen LogP contribution in [0.15, 0.2) is 48.5 Å². The minimum atomic E-state index is -0.437. The number of Topliss-reactive ketones (excluding diaryl/α,β-unsaturated/α-hetero) is 1. The summed E-state index contributed by atoms with van der Waals surface area (Å²) in [6.07, 6.45) is 0. The molecule has 0 atom stereocenters. The molecule has 2 aromatic carbocycles. The number of nitrogens with one attached hydrogen (secondary N) is 2. The van der Waals surface area contributed by atoms with Crippen LogP contribution in [-0.2, 0) is 4.79 Å². The number of hydrogen-bond acceptors (Lipinski definition) is 3. The number of rotatable bonds is 5. The molecule has 6 heteroatoms. The number of amides is 2. The SMILES string of the molecule is CC(=O)Nc1cccc(C(=O)NCC(=O)c2ccc(F)cc2)c1. The van der Waals surface area contributed by atoms with E-state index in [1.165, 1.54) is 37.3 Å². The predicted molar refractivity (Wildman–Crippen MR) is 83.8 cm³/mol. The summed E-state index contributed by atoms with van der Waals surface area (Å²) in [5.41, 5.74) is 1.14. The lowest BCUT2D eigenvalue weighted by Gasteiger charge is -2.07. The highest BCUT2D eigenvalue weighted by molar-refractivity contribution is 6.02. The van der Waals surface area contributed by atoms with Gasteiger partial charge in [-0.25, -0.2) is 4.39 Å². The third-order valence-corrected chi connectivity index (χ3v) is 3.02. The summed E-state index contributed by atoms with van der Waals surface area (Å²) in [6.45, 7) is 1.17. The van der Waals surface area contributed by atoms with Crippen molar-refractivity contribution in [2.45, 2.75) is 6.92 Å². The molecule has 0 saturated carbocycles. The molecule has 2 aromatic rings. The van der Waals surface area contributed by atoms with E-state index in [0.717, 1.165) is 0 Å². The van der Waals surface area contributed by atoms with Crippen molar-refractivity contribution in [1.29, 1.82) is 0 Å². The second-order valence-electron chi connectivity index (χ2n) is 4.87. The Morgan fingerprint density at radius 2 is 1.70 bits per heavy atom. The largest absolute Gasteiger partial charge is 0.345 e. The van der Waals surface area contributed by atoms with Crippen molar-refractivity contribution in [2.24, 2.45) is 0 Å². The van der Waals surface area contributed by atoms with Gasteiger partial charge in [-0.3, -0.25) is 14.4 Å². The zero-order chi connectivity index (χ0) is 16.8. The van der Waals surface area contributed by atoms with E-state index < -0.39 is 11.7 Å². The summed E-state index contributed by atoms with van der Waals surface area (Å²) in [6, 6.07) is 11.5. The van der Waals surface area contributed by atoms with Gasteiger partial charge in [0.15, 0.2) is 5.78 Å². The van der Waals surface area contributed by atoms with E-state index in [-0.39, 0.29) is 18.2 Å². The number of carbonyl (C=O) groups is 3. The van der Waals surface area contributed by atoms with Crippen LogP contribution in [0.25, 0.3) is 0 Å². The maximum Gasteiger partial charge on any atom is 0.251 e. The number of ketones is 1.